The van der Waals surface area contributed by atoms with Crippen LogP contribution in [-0.2, 0) is 66.4 Å². The van der Waals surface area contributed by atoms with Gasteiger partial charge < -0.3 is 66.3 Å². The minimum absolute atomic E-state index is 0.0783. The summed E-state index contributed by atoms with van der Waals surface area (Å²) < 4.78 is 141. The number of unbranched alkanes of at least 4 members (excludes halogenated alkanes) is 3. The number of carbonyl (C=O) groups is 1. The smallest absolute Gasteiger partial charge is 0.313 e. The molecule has 0 saturated carbocycles. The Hall–Kier alpha value is -2.18. The third-order valence-electron chi connectivity index (χ3n) is 7.44. The molecule has 20 heteroatoms. The minimum atomic E-state index is -2.35. The molecule has 1 aromatic carbocycles. The van der Waals surface area contributed by atoms with E-state index in [1.54, 1.807) is 0 Å². The summed E-state index contributed by atoms with van der Waals surface area (Å²) in [7, 11) is 0. The molecule has 0 spiro atoms. The molecule has 0 aromatic heterocycles. The van der Waals surface area contributed by atoms with Crippen LogP contribution in [-0.4, -0.2) is 178 Å². The zero-order valence-corrected chi connectivity index (χ0v) is 34.4. The monoisotopic (exact) mass is 868 g/mol. The Morgan fingerprint density at radius 3 is 0.831 bits per heavy atom. The van der Waals surface area contributed by atoms with E-state index in [4.69, 9.17) is 61.6 Å². The van der Waals surface area contributed by atoms with Crippen LogP contribution >= 0.6 is 0 Å². The number of esters is 1. The van der Waals surface area contributed by atoms with Crippen LogP contribution in [0.2, 0.25) is 0 Å². The first-order valence-electron chi connectivity index (χ1n) is 20.1. The van der Waals surface area contributed by atoms with Crippen molar-refractivity contribution >= 4 is 5.97 Å². The predicted molar refractivity (Wildman–Crippen MR) is 201 cm³/mol. The van der Waals surface area contributed by atoms with Crippen molar-refractivity contribution in [2.75, 3.05) is 172 Å². The van der Waals surface area contributed by atoms with Gasteiger partial charge in [-0.25, -0.2) is 13.2 Å². The van der Waals surface area contributed by atoms with Crippen molar-refractivity contribution in [2.24, 2.45) is 0 Å². The molecule has 59 heavy (non-hydrogen) atoms. The second-order valence-electron chi connectivity index (χ2n) is 12.1. The maximum atomic E-state index is 13.6. The minimum Gasteiger partial charge on any atom is -0.420 e. The first kappa shape index (κ1) is 54.8. The van der Waals surface area contributed by atoms with Crippen LogP contribution in [0.3, 0.4) is 0 Å². The Kier molecular flexibility index (Phi) is 38.3. The van der Waals surface area contributed by atoms with Gasteiger partial charge in [-0.1, -0.05) is 26.2 Å². The van der Waals surface area contributed by atoms with Crippen molar-refractivity contribution in [2.45, 2.75) is 39.0 Å². The molecule has 15 nitrogen and oxygen atoms in total. The van der Waals surface area contributed by atoms with Gasteiger partial charge in [0.05, 0.1) is 172 Å². The summed E-state index contributed by atoms with van der Waals surface area (Å²) in [4.78, 5) is 11.7. The van der Waals surface area contributed by atoms with Gasteiger partial charge in [-0.2, -0.15) is 8.78 Å². The Morgan fingerprint density at radius 1 is 0.322 bits per heavy atom. The summed E-state index contributed by atoms with van der Waals surface area (Å²) in [5, 5.41) is 0. The highest BCUT2D eigenvalue weighted by Gasteiger charge is 2.28. The van der Waals surface area contributed by atoms with E-state index in [1.165, 1.54) is 19.3 Å². The molecule has 0 unspecified atom stereocenters. The SMILES string of the molecule is CCCCCCOCCOCCOCCOCCOCCOCCOCCOCCOCCOCCOCCOCCOCCC(=O)Oc1c(F)c(F)c(F)c(F)c1F. The lowest BCUT2D eigenvalue weighted by molar-refractivity contribution is -0.136. The number of benzene rings is 1. The molecule has 0 fully saturated rings. The van der Waals surface area contributed by atoms with Crippen molar-refractivity contribution in [1.82, 2.24) is 0 Å². The normalized spacial score (nSPS) is 11.6. The lowest BCUT2D eigenvalue weighted by Crippen LogP contribution is -2.16. The van der Waals surface area contributed by atoms with Crippen LogP contribution in [0.25, 0.3) is 0 Å². The fourth-order valence-electron chi connectivity index (χ4n) is 4.37. The van der Waals surface area contributed by atoms with Gasteiger partial charge in [-0.15, -0.1) is 0 Å². The summed E-state index contributed by atoms with van der Waals surface area (Å²) in [6.07, 6.45) is 4.34. The van der Waals surface area contributed by atoms with E-state index in [9.17, 15) is 26.7 Å². The van der Waals surface area contributed by atoms with Gasteiger partial charge in [0.1, 0.15) is 0 Å². The Bertz CT molecular complexity index is 1100. The third-order valence-corrected chi connectivity index (χ3v) is 7.44. The van der Waals surface area contributed by atoms with Gasteiger partial charge in [-0.05, 0) is 6.42 Å². The predicted octanol–water partition coefficient (Wildman–Crippen LogP) is 4.47. The Balaban J connectivity index is 1.69. The Labute approximate surface area is 344 Å². The second kappa shape index (κ2) is 41.2. The fourth-order valence-corrected chi connectivity index (χ4v) is 4.37. The molecule has 0 amide bonds. The van der Waals surface area contributed by atoms with E-state index in [0.29, 0.717) is 139 Å². The highest BCUT2D eigenvalue weighted by Crippen LogP contribution is 2.29. The van der Waals surface area contributed by atoms with Crippen molar-refractivity contribution in [1.29, 1.82) is 0 Å². The van der Waals surface area contributed by atoms with Crippen molar-refractivity contribution in [3.05, 3.63) is 29.1 Å². The van der Waals surface area contributed by atoms with E-state index in [-0.39, 0.29) is 26.4 Å². The lowest BCUT2D eigenvalue weighted by Gasteiger charge is -2.09. The first-order valence-corrected chi connectivity index (χ1v) is 20.1. The number of carbonyl (C=O) groups excluding carboxylic acids is 1. The molecule has 346 valence electrons. The molecule has 0 N–H and O–H groups in total. The Morgan fingerprint density at radius 2 is 0.559 bits per heavy atom. The van der Waals surface area contributed by atoms with Gasteiger partial charge in [0.25, 0.3) is 0 Å². The first-order chi connectivity index (χ1) is 28.9. The molecule has 0 aliphatic carbocycles. The molecule has 0 radical (unpaired) electrons. The molecule has 0 aliphatic heterocycles. The summed E-state index contributed by atoms with van der Waals surface area (Å²) >= 11 is 0. The maximum Gasteiger partial charge on any atom is 0.313 e. The van der Waals surface area contributed by atoms with E-state index in [0.717, 1.165) is 13.0 Å². The summed E-state index contributed by atoms with van der Waals surface area (Å²) in [5.41, 5.74) is 0. The van der Waals surface area contributed by atoms with Crippen LogP contribution in [0.1, 0.15) is 39.0 Å². The lowest BCUT2D eigenvalue weighted by atomic mass is 10.2. The average Bonchev–Trinajstić information content (AvgIpc) is 3.24. The van der Waals surface area contributed by atoms with Crippen LogP contribution < -0.4 is 4.74 Å². The van der Waals surface area contributed by atoms with Crippen LogP contribution in [0.15, 0.2) is 0 Å². The molecule has 0 saturated heterocycles. The standard InChI is InChI=1S/C39H65F5O15/c1-2-3-4-5-7-46-9-11-48-13-15-50-17-19-52-21-23-54-25-27-56-29-31-58-32-30-57-28-26-55-24-22-53-20-18-51-16-14-49-12-10-47-8-6-33(45)59-39-37(43)35(41)34(40)36(42)38(39)44/h2-32H2,1H3. The van der Waals surface area contributed by atoms with Crippen molar-refractivity contribution < 1.29 is 93.1 Å². The summed E-state index contributed by atoms with van der Waals surface area (Å²) in [6.45, 7) is 13.0. The van der Waals surface area contributed by atoms with Gasteiger partial charge in [0, 0.05) is 6.61 Å². The molecular formula is C39H65F5O15. The van der Waals surface area contributed by atoms with Crippen molar-refractivity contribution in [3.8, 4) is 5.75 Å². The van der Waals surface area contributed by atoms with E-state index in [2.05, 4.69) is 11.7 Å². The summed E-state index contributed by atoms with van der Waals surface area (Å²) in [5.74, 6) is -14.1. The second-order valence-corrected chi connectivity index (χ2v) is 12.1. The number of rotatable bonds is 45. The topological polar surface area (TPSA) is 146 Å². The zero-order chi connectivity index (χ0) is 42.9. The fraction of sp³-hybridized carbons (Fsp3) is 0.821. The molecular weight excluding hydrogens is 803 g/mol. The molecule has 1 rings (SSSR count). The highest BCUT2D eigenvalue weighted by atomic mass is 19.2. The van der Waals surface area contributed by atoms with Crippen LogP contribution in [0.4, 0.5) is 22.0 Å². The number of hydrogen-bond donors (Lipinski definition) is 0. The number of halogens is 5. The van der Waals surface area contributed by atoms with E-state index in [1.807, 2.05) is 0 Å². The van der Waals surface area contributed by atoms with Crippen molar-refractivity contribution in [3.63, 3.8) is 0 Å². The van der Waals surface area contributed by atoms with Gasteiger partial charge in [0.2, 0.25) is 34.8 Å². The van der Waals surface area contributed by atoms with Crippen LogP contribution in [0.5, 0.6) is 5.75 Å². The highest BCUT2D eigenvalue weighted by molar-refractivity contribution is 5.72. The molecule has 1 aromatic rings. The number of hydrogen-bond acceptors (Lipinski definition) is 15. The van der Waals surface area contributed by atoms with Gasteiger partial charge in [-0.3, -0.25) is 4.79 Å². The maximum absolute atomic E-state index is 13.6. The quantitative estimate of drug-likeness (QED) is 0.0227. The molecule has 0 bridgehead atoms. The summed E-state index contributed by atoms with van der Waals surface area (Å²) in [6, 6.07) is 0. The molecule has 0 heterocycles. The largest absolute Gasteiger partial charge is 0.420 e. The van der Waals surface area contributed by atoms with Gasteiger partial charge in [0.15, 0.2) is 0 Å². The molecule has 0 atom stereocenters. The van der Waals surface area contributed by atoms with E-state index < -0.39 is 47.2 Å². The number of ether oxygens (including phenoxy) is 14. The zero-order valence-electron chi connectivity index (χ0n) is 34.4. The van der Waals surface area contributed by atoms with Gasteiger partial charge >= 0.3 is 5.97 Å². The average molecular weight is 869 g/mol. The van der Waals surface area contributed by atoms with Crippen LogP contribution in [0, 0.1) is 29.1 Å². The third kappa shape index (κ3) is 32.2. The molecule has 0 aliphatic rings. The van der Waals surface area contributed by atoms with E-state index >= 15 is 0 Å².